The molecule has 1 saturated heterocycles. The van der Waals surface area contributed by atoms with Crippen LogP contribution in [0.5, 0.6) is 0 Å². The summed E-state index contributed by atoms with van der Waals surface area (Å²) in [6, 6.07) is 9.79. The monoisotopic (exact) mass is 303 g/mol. The number of ether oxygens (including phenoxy) is 2. The summed E-state index contributed by atoms with van der Waals surface area (Å²) in [5, 5.41) is 0. The second kappa shape index (κ2) is 5.72. The summed E-state index contributed by atoms with van der Waals surface area (Å²) < 4.78 is 10.7. The van der Waals surface area contributed by atoms with E-state index in [0.29, 0.717) is 6.54 Å². The molecular weight excluding hydrogens is 282 g/mol. The Labute approximate surface area is 130 Å². The van der Waals surface area contributed by atoms with E-state index >= 15 is 0 Å². The van der Waals surface area contributed by atoms with E-state index in [4.69, 9.17) is 9.47 Å². The minimum absolute atomic E-state index is 0.124. The van der Waals surface area contributed by atoms with Crippen molar-refractivity contribution in [3.63, 3.8) is 0 Å². The number of hydrogen-bond acceptors (Lipinski definition) is 4. The number of hydrogen-bond donors (Lipinski definition) is 0. The molecule has 2 fully saturated rings. The molecule has 2 aliphatic rings. The molecule has 1 saturated carbocycles. The molecule has 0 bridgehead atoms. The Morgan fingerprint density at radius 2 is 2.05 bits per heavy atom. The van der Waals surface area contributed by atoms with Crippen LogP contribution in [0.1, 0.15) is 24.8 Å². The molecular formula is C17H21NO4. The van der Waals surface area contributed by atoms with Gasteiger partial charge in [0.2, 0.25) is 5.91 Å². The third-order valence-corrected chi connectivity index (χ3v) is 5.01. The molecule has 118 valence electrons. The second-order valence-corrected chi connectivity index (χ2v) is 5.96. The van der Waals surface area contributed by atoms with Gasteiger partial charge in [0.1, 0.15) is 11.6 Å². The summed E-state index contributed by atoms with van der Waals surface area (Å²) in [4.78, 5) is 26.7. The number of esters is 1. The predicted octanol–water partition coefficient (Wildman–Crippen LogP) is 1.96. The van der Waals surface area contributed by atoms with Crippen LogP contribution in [0.2, 0.25) is 0 Å². The number of amides is 1. The molecule has 0 spiro atoms. The molecule has 0 N–H and O–H groups in total. The van der Waals surface area contributed by atoms with E-state index in [2.05, 4.69) is 0 Å². The molecule has 1 amide bonds. The lowest BCUT2D eigenvalue weighted by Crippen LogP contribution is -2.47. The van der Waals surface area contributed by atoms with Gasteiger partial charge in [0, 0.05) is 19.6 Å². The number of likely N-dealkylation sites (tertiary alicyclic amines) is 1. The highest BCUT2D eigenvalue weighted by Crippen LogP contribution is 2.51. The van der Waals surface area contributed by atoms with Gasteiger partial charge in [0.15, 0.2) is 0 Å². The third kappa shape index (κ3) is 2.11. The lowest BCUT2D eigenvalue weighted by molar-refractivity contribution is -0.158. The van der Waals surface area contributed by atoms with Crippen LogP contribution in [-0.4, -0.2) is 36.7 Å². The molecule has 3 unspecified atom stereocenters. The number of benzene rings is 1. The summed E-state index contributed by atoms with van der Waals surface area (Å²) in [5.41, 5.74) is 0.356. The molecule has 0 radical (unpaired) electrons. The van der Waals surface area contributed by atoms with E-state index in [1.54, 1.807) is 12.0 Å². The summed E-state index contributed by atoms with van der Waals surface area (Å²) >= 11 is 0. The molecule has 1 heterocycles. The van der Waals surface area contributed by atoms with E-state index in [1.807, 2.05) is 30.3 Å². The van der Waals surface area contributed by atoms with Crippen molar-refractivity contribution in [3.8, 4) is 0 Å². The standard InChI is InChI=1S/C17H21NO4/c1-21-16(20)14-13-9-6-10-17(13,22-2)18(15(14)19)11-12-7-4-3-5-8-12/h3-5,7-8,13-14H,6,9-11H2,1-2H3. The van der Waals surface area contributed by atoms with Gasteiger partial charge in [0.25, 0.3) is 0 Å². The Kier molecular flexibility index (Phi) is 3.91. The lowest BCUT2D eigenvalue weighted by atomic mass is 9.90. The van der Waals surface area contributed by atoms with Gasteiger partial charge in [0.05, 0.1) is 7.11 Å². The minimum atomic E-state index is -0.740. The molecule has 3 rings (SSSR count). The van der Waals surface area contributed by atoms with E-state index in [-0.39, 0.29) is 11.8 Å². The van der Waals surface area contributed by atoms with Crippen LogP contribution in [0.4, 0.5) is 0 Å². The van der Waals surface area contributed by atoms with Crippen LogP contribution in [0.25, 0.3) is 0 Å². The molecule has 0 aromatic heterocycles. The normalized spacial score (nSPS) is 30.5. The molecule has 5 heteroatoms. The van der Waals surface area contributed by atoms with Crippen molar-refractivity contribution in [2.45, 2.75) is 31.5 Å². The van der Waals surface area contributed by atoms with Gasteiger partial charge in [-0.2, -0.15) is 0 Å². The van der Waals surface area contributed by atoms with E-state index < -0.39 is 17.6 Å². The predicted molar refractivity (Wildman–Crippen MR) is 79.6 cm³/mol. The maximum Gasteiger partial charge on any atom is 0.318 e. The van der Waals surface area contributed by atoms with Gasteiger partial charge in [-0.1, -0.05) is 30.3 Å². The SMILES string of the molecule is COC(=O)C1C(=O)N(Cc2ccccc2)C2(OC)CCCC12. The van der Waals surface area contributed by atoms with Crippen LogP contribution in [0, 0.1) is 11.8 Å². The van der Waals surface area contributed by atoms with Crippen molar-refractivity contribution in [1.29, 1.82) is 0 Å². The number of nitrogens with zero attached hydrogens (tertiary/aromatic N) is 1. The Bertz CT molecular complexity index is 573. The zero-order valence-electron chi connectivity index (χ0n) is 13.0. The maximum absolute atomic E-state index is 12.8. The minimum Gasteiger partial charge on any atom is -0.468 e. The van der Waals surface area contributed by atoms with Gasteiger partial charge in [-0.25, -0.2) is 0 Å². The fraction of sp³-hybridized carbons (Fsp3) is 0.529. The van der Waals surface area contributed by atoms with Gasteiger partial charge < -0.3 is 14.4 Å². The highest BCUT2D eigenvalue weighted by molar-refractivity contribution is 6.00. The van der Waals surface area contributed by atoms with E-state index in [9.17, 15) is 9.59 Å². The average molecular weight is 303 g/mol. The zero-order valence-corrected chi connectivity index (χ0v) is 13.0. The van der Waals surface area contributed by atoms with Crippen LogP contribution >= 0.6 is 0 Å². The van der Waals surface area contributed by atoms with Gasteiger partial charge in [-0.05, 0) is 24.8 Å². The van der Waals surface area contributed by atoms with E-state index in [1.165, 1.54) is 7.11 Å². The molecule has 22 heavy (non-hydrogen) atoms. The highest BCUT2D eigenvalue weighted by atomic mass is 16.5. The summed E-state index contributed by atoms with van der Waals surface area (Å²) in [7, 11) is 2.96. The second-order valence-electron chi connectivity index (χ2n) is 5.96. The van der Waals surface area contributed by atoms with Gasteiger partial charge in [-0.3, -0.25) is 9.59 Å². The number of rotatable bonds is 4. The van der Waals surface area contributed by atoms with Crippen molar-refractivity contribution in [2.75, 3.05) is 14.2 Å². The zero-order chi connectivity index (χ0) is 15.7. The van der Waals surface area contributed by atoms with Crippen molar-refractivity contribution >= 4 is 11.9 Å². The summed E-state index contributed by atoms with van der Waals surface area (Å²) in [6.07, 6.45) is 2.52. The topological polar surface area (TPSA) is 55.8 Å². The Morgan fingerprint density at radius 1 is 1.32 bits per heavy atom. The van der Waals surface area contributed by atoms with Crippen LogP contribution in [0.3, 0.4) is 0 Å². The first-order valence-corrected chi connectivity index (χ1v) is 7.62. The van der Waals surface area contributed by atoms with Gasteiger partial charge >= 0.3 is 5.97 Å². The number of methoxy groups -OCH3 is 2. The van der Waals surface area contributed by atoms with Gasteiger partial charge in [-0.15, -0.1) is 0 Å². The summed E-state index contributed by atoms with van der Waals surface area (Å²) in [6.45, 7) is 0.456. The summed E-state index contributed by atoms with van der Waals surface area (Å²) in [5.74, 6) is -1.49. The highest BCUT2D eigenvalue weighted by Gasteiger charge is 2.63. The number of fused-ring (bicyclic) bond motifs is 1. The molecule has 1 aromatic rings. The first kappa shape index (κ1) is 15.0. The van der Waals surface area contributed by atoms with Crippen LogP contribution in [0.15, 0.2) is 30.3 Å². The fourth-order valence-electron chi connectivity index (χ4n) is 4.01. The third-order valence-electron chi connectivity index (χ3n) is 5.01. The Morgan fingerprint density at radius 3 is 2.68 bits per heavy atom. The molecule has 1 aliphatic heterocycles. The molecule has 5 nitrogen and oxygen atoms in total. The largest absolute Gasteiger partial charge is 0.468 e. The molecule has 1 aliphatic carbocycles. The molecule has 3 atom stereocenters. The average Bonchev–Trinajstić information content (AvgIpc) is 3.06. The van der Waals surface area contributed by atoms with Crippen molar-refractivity contribution in [2.24, 2.45) is 11.8 Å². The number of carbonyl (C=O) groups is 2. The first-order chi connectivity index (χ1) is 10.6. The lowest BCUT2D eigenvalue weighted by Gasteiger charge is -2.37. The van der Waals surface area contributed by atoms with Crippen molar-refractivity contribution in [3.05, 3.63) is 35.9 Å². The quantitative estimate of drug-likeness (QED) is 0.630. The van der Waals surface area contributed by atoms with Crippen LogP contribution in [-0.2, 0) is 25.6 Å². The maximum atomic E-state index is 12.8. The first-order valence-electron chi connectivity index (χ1n) is 7.62. The van der Waals surface area contributed by atoms with Crippen molar-refractivity contribution < 1.29 is 19.1 Å². The number of carbonyl (C=O) groups excluding carboxylic acids is 2. The van der Waals surface area contributed by atoms with E-state index in [0.717, 1.165) is 24.8 Å². The van der Waals surface area contributed by atoms with Crippen LogP contribution < -0.4 is 0 Å². The fourth-order valence-corrected chi connectivity index (χ4v) is 4.01. The smallest absolute Gasteiger partial charge is 0.318 e. The van der Waals surface area contributed by atoms with Crippen molar-refractivity contribution in [1.82, 2.24) is 4.90 Å². The molecule has 1 aromatic carbocycles. The Hall–Kier alpha value is -1.88. The Balaban J connectivity index is 1.96.